The molecule has 1 saturated heterocycles. The van der Waals surface area contributed by atoms with E-state index in [0.29, 0.717) is 11.1 Å². The van der Waals surface area contributed by atoms with Crippen LogP contribution in [-0.2, 0) is 4.74 Å². The lowest BCUT2D eigenvalue weighted by Crippen LogP contribution is -2.60. The first-order valence-corrected chi connectivity index (χ1v) is 8.98. The van der Waals surface area contributed by atoms with Gasteiger partial charge in [-0.05, 0) is 24.4 Å². The molecule has 1 fully saturated rings. The number of aromatic hydroxyl groups is 1. The summed E-state index contributed by atoms with van der Waals surface area (Å²) < 4.78 is 16.6. The van der Waals surface area contributed by atoms with Crippen molar-refractivity contribution in [2.24, 2.45) is 0 Å². The van der Waals surface area contributed by atoms with E-state index in [1.165, 1.54) is 12.1 Å². The van der Waals surface area contributed by atoms with Crippen molar-refractivity contribution < 1.29 is 39.4 Å². The van der Waals surface area contributed by atoms with E-state index >= 15 is 0 Å². The molecule has 3 aromatic rings. The second-order valence-corrected chi connectivity index (χ2v) is 6.99. The van der Waals surface area contributed by atoms with Gasteiger partial charge in [0.05, 0.1) is 12.0 Å². The minimum atomic E-state index is -1.61. The summed E-state index contributed by atoms with van der Waals surface area (Å²) in [5.41, 5.74) is -0.212. The van der Waals surface area contributed by atoms with Gasteiger partial charge in [0.1, 0.15) is 52.6 Å². The highest BCUT2D eigenvalue weighted by Gasteiger charge is 2.44. The molecule has 0 radical (unpaired) electrons. The quantitative estimate of drug-likeness (QED) is 0.384. The van der Waals surface area contributed by atoms with Gasteiger partial charge in [-0.1, -0.05) is 12.1 Å². The number of hydrogen-bond donors (Lipinski definition) is 5. The summed E-state index contributed by atoms with van der Waals surface area (Å²) in [6.45, 7) is 1.03. The van der Waals surface area contributed by atoms with Crippen LogP contribution in [0, 0.1) is 6.92 Å². The van der Waals surface area contributed by atoms with E-state index < -0.39 is 42.7 Å². The Morgan fingerprint density at radius 3 is 2.55 bits per heavy atom. The van der Waals surface area contributed by atoms with Crippen LogP contribution in [0.1, 0.15) is 5.76 Å². The molecule has 0 aliphatic carbocycles. The van der Waals surface area contributed by atoms with Crippen molar-refractivity contribution in [3.05, 3.63) is 46.3 Å². The Morgan fingerprint density at radius 1 is 1.07 bits per heavy atom. The molecular formula is C20H20O9. The number of hydrogen-bond acceptors (Lipinski definition) is 9. The molecule has 154 valence electrons. The number of ether oxygens (including phenoxy) is 2. The van der Waals surface area contributed by atoms with Gasteiger partial charge in [0, 0.05) is 6.07 Å². The molecule has 9 nitrogen and oxygen atoms in total. The Labute approximate surface area is 164 Å². The largest absolute Gasteiger partial charge is 0.506 e. The predicted molar refractivity (Wildman–Crippen MR) is 101 cm³/mol. The number of fused-ring (bicyclic) bond motifs is 2. The van der Waals surface area contributed by atoms with Crippen LogP contribution in [0.2, 0.25) is 0 Å². The van der Waals surface area contributed by atoms with E-state index in [9.17, 15) is 30.3 Å². The number of phenols is 1. The average Bonchev–Trinajstić information content (AvgIpc) is 2.67. The monoisotopic (exact) mass is 404 g/mol. The fourth-order valence-corrected chi connectivity index (χ4v) is 3.54. The molecule has 5 atom stereocenters. The van der Waals surface area contributed by atoms with Gasteiger partial charge in [-0.3, -0.25) is 4.79 Å². The lowest BCUT2D eigenvalue weighted by atomic mass is 9.99. The molecule has 0 saturated carbocycles. The highest BCUT2D eigenvalue weighted by atomic mass is 16.7. The smallest absolute Gasteiger partial charge is 0.229 e. The fourth-order valence-electron chi connectivity index (χ4n) is 3.54. The summed E-state index contributed by atoms with van der Waals surface area (Å²) in [6.07, 6.45) is -7.31. The topological polar surface area (TPSA) is 150 Å². The summed E-state index contributed by atoms with van der Waals surface area (Å²) in [5.74, 6) is 0.118. The van der Waals surface area contributed by atoms with E-state index in [0.717, 1.165) is 0 Å². The summed E-state index contributed by atoms with van der Waals surface area (Å²) >= 11 is 0. The third-order valence-electron chi connectivity index (χ3n) is 5.01. The van der Waals surface area contributed by atoms with Crippen LogP contribution in [0.15, 0.2) is 39.5 Å². The predicted octanol–water partition coefficient (Wildman–Crippen LogP) is 0.139. The van der Waals surface area contributed by atoms with Gasteiger partial charge in [-0.2, -0.15) is 0 Å². The number of rotatable bonds is 3. The van der Waals surface area contributed by atoms with Crippen LogP contribution in [0.5, 0.6) is 11.5 Å². The summed E-state index contributed by atoms with van der Waals surface area (Å²) in [5, 5.41) is 50.8. The van der Waals surface area contributed by atoms with Crippen LogP contribution < -0.4 is 10.2 Å². The summed E-state index contributed by atoms with van der Waals surface area (Å²) in [4.78, 5) is 12.4. The minimum Gasteiger partial charge on any atom is -0.506 e. The molecule has 0 amide bonds. The Bertz CT molecular complexity index is 1120. The van der Waals surface area contributed by atoms with E-state index in [4.69, 9.17) is 13.9 Å². The van der Waals surface area contributed by atoms with Crippen LogP contribution >= 0.6 is 0 Å². The summed E-state index contributed by atoms with van der Waals surface area (Å²) in [6, 6.07) is 7.64. The highest BCUT2D eigenvalue weighted by molar-refractivity contribution is 6.05. The van der Waals surface area contributed by atoms with Crippen molar-refractivity contribution in [3.8, 4) is 11.5 Å². The number of aliphatic hydroxyl groups excluding tert-OH is 4. The first kappa shape index (κ1) is 19.6. The van der Waals surface area contributed by atoms with Gasteiger partial charge in [0.25, 0.3) is 0 Å². The molecule has 0 bridgehead atoms. The van der Waals surface area contributed by atoms with Crippen LogP contribution in [-0.4, -0.2) is 62.8 Å². The van der Waals surface area contributed by atoms with Gasteiger partial charge in [0.2, 0.25) is 6.29 Å². The molecule has 1 aromatic heterocycles. The second-order valence-electron chi connectivity index (χ2n) is 6.99. The zero-order valence-corrected chi connectivity index (χ0v) is 15.3. The Hall–Kier alpha value is -2.69. The van der Waals surface area contributed by atoms with Crippen LogP contribution in [0.25, 0.3) is 21.7 Å². The highest BCUT2D eigenvalue weighted by Crippen LogP contribution is 2.39. The third-order valence-corrected chi connectivity index (χ3v) is 5.01. The zero-order chi connectivity index (χ0) is 20.9. The van der Waals surface area contributed by atoms with Crippen molar-refractivity contribution in [1.82, 2.24) is 0 Å². The fraction of sp³-hybridized carbons (Fsp3) is 0.350. The zero-order valence-electron chi connectivity index (χ0n) is 15.3. The molecule has 2 heterocycles. The molecule has 0 spiro atoms. The third kappa shape index (κ3) is 3.22. The normalized spacial score (nSPS) is 27.4. The average molecular weight is 404 g/mol. The van der Waals surface area contributed by atoms with Crippen LogP contribution in [0.3, 0.4) is 0 Å². The van der Waals surface area contributed by atoms with Gasteiger partial charge in [-0.15, -0.1) is 0 Å². The number of aliphatic hydroxyl groups is 4. The van der Waals surface area contributed by atoms with E-state index in [2.05, 4.69) is 0 Å². The molecular weight excluding hydrogens is 384 g/mol. The van der Waals surface area contributed by atoms with E-state index in [-0.39, 0.29) is 27.9 Å². The summed E-state index contributed by atoms with van der Waals surface area (Å²) in [7, 11) is 0. The molecule has 1 aliphatic rings. The number of phenolic OH excluding ortho intramolecular Hbond substituents is 1. The number of benzene rings is 2. The maximum absolute atomic E-state index is 12.4. The van der Waals surface area contributed by atoms with Crippen molar-refractivity contribution in [2.75, 3.05) is 6.61 Å². The lowest BCUT2D eigenvalue weighted by Gasteiger charge is -2.39. The molecule has 5 N–H and O–H groups in total. The second kappa shape index (κ2) is 7.29. The molecule has 1 aliphatic heterocycles. The first-order chi connectivity index (χ1) is 13.8. The van der Waals surface area contributed by atoms with Gasteiger partial charge >= 0.3 is 0 Å². The van der Waals surface area contributed by atoms with Crippen molar-refractivity contribution >= 4 is 21.7 Å². The molecule has 4 rings (SSSR count). The Morgan fingerprint density at radius 2 is 1.83 bits per heavy atom. The van der Waals surface area contributed by atoms with Crippen LogP contribution in [0.4, 0.5) is 0 Å². The van der Waals surface area contributed by atoms with Crippen molar-refractivity contribution in [2.45, 2.75) is 37.6 Å². The van der Waals surface area contributed by atoms with E-state index in [1.54, 1.807) is 25.1 Å². The molecule has 2 aromatic carbocycles. The maximum Gasteiger partial charge on any atom is 0.229 e. The van der Waals surface area contributed by atoms with Gasteiger partial charge in [-0.25, -0.2) is 0 Å². The first-order valence-electron chi connectivity index (χ1n) is 8.98. The lowest BCUT2D eigenvalue weighted by molar-refractivity contribution is -0.277. The standard InChI is InChI=1S/C20H20O9/c1-8-5-10(22)15-12(27-8)6-9-3-2-4-11(14(9)17(15)24)28-20-19(26)18(25)16(23)13(7-21)29-20/h2-6,13,16,18-21,23-26H,7H2,1H3/t13-,16-,18+,19-,20-/m1/s1. The van der Waals surface area contributed by atoms with Gasteiger partial charge in [0.15, 0.2) is 5.43 Å². The molecule has 0 unspecified atom stereocenters. The Kier molecular flexibility index (Phi) is 4.93. The van der Waals surface area contributed by atoms with Crippen molar-refractivity contribution in [1.29, 1.82) is 0 Å². The van der Waals surface area contributed by atoms with E-state index in [1.807, 2.05) is 0 Å². The minimum absolute atomic E-state index is 0.0204. The number of aryl methyl sites for hydroxylation is 1. The molecule has 9 heteroatoms. The van der Waals surface area contributed by atoms with Gasteiger partial charge < -0.3 is 39.4 Å². The maximum atomic E-state index is 12.4. The Balaban J connectivity index is 1.82. The molecule has 29 heavy (non-hydrogen) atoms. The van der Waals surface area contributed by atoms with Crippen molar-refractivity contribution in [3.63, 3.8) is 0 Å². The SMILES string of the molecule is Cc1cc(=O)c2c(O)c3c(O[C@@H]4O[C@H](CO)[C@@H](O)[C@H](O)[C@H]4O)cccc3cc2o1.